The third-order valence-corrected chi connectivity index (χ3v) is 3.08. The molecule has 7 heteroatoms. The molecule has 0 saturated carbocycles. The van der Waals surface area contributed by atoms with Gasteiger partial charge < -0.3 is 15.2 Å². The first-order valence-corrected chi connectivity index (χ1v) is 7.07. The molecular formula is C16H15N3O3S. The van der Waals surface area contributed by atoms with Gasteiger partial charge in [0.15, 0.2) is 5.11 Å². The Morgan fingerprint density at radius 3 is 2.39 bits per heavy atom. The highest BCUT2D eigenvalue weighted by Gasteiger charge is 2.00. The maximum atomic E-state index is 10.8. The average Bonchev–Trinajstić information content (AvgIpc) is 2.56. The number of benzene rings is 2. The van der Waals surface area contributed by atoms with Crippen LogP contribution in [-0.2, 0) is 0 Å². The van der Waals surface area contributed by atoms with Crippen LogP contribution in [0.4, 0.5) is 5.69 Å². The van der Waals surface area contributed by atoms with Crippen molar-refractivity contribution in [2.75, 3.05) is 12.4 Å². The molecule has 2 aromatic rings. The van der Waals surface area contributed by atoms with Gasteiger partial charge in [-0.05, 0) is 54.2 Å². The first-order chi connectivity index (χ1) is 11.1. The number of hydrogen-bond donors (Lipinski definition) is 3. The third kappa shape index (κ3) is 5.08. The minimum absolute atomic E-state index is 0.229. The monoisotopic (exact) mass is 329 g/mol. The molecule has 0 saturated heterocycles. The number of carbonyl (C=O) groups is 1. The van der Waals surface area contributed by atoms with E-state index in [1.807, 2.05) is 24.3 Å². The van der Waals surface area contributed by atoms with Crippen molar-refractivity contribution in [2.45, 2.75) is 0 Å². The largest absolute Gasteiger partial charge is 0.497 e. The van der Waals surface area contributed by atoms with Crippen molar-refractivity contribution in [1.82, 2.24) is 5.43 Å². The minimum Gasteiger partial charge on any atom is -0.497 e. The SMILES string of the molecule is COc1ccc(NC(=S)N/N=C\c2ccc(C(=O)O)cc2)cc1. The molecule has 0 spiro atoms. The third-order valence-electron chi connectivity index (χ3n) is 2.89. The highest BCUT2D eigenvalue weighted by atomic mass is 32.1. The Morgan fingerprint density at radius 1 is 1.17 bits per heavy atom. The first-order valence-electron chi connectivity index (χ1n) is 6.66. The number of anilines is 1. The zero-order chi connectivity index (χ0) is 16.7. The van der Waals surface area contributed by atoms with E-state index in [1.54, 1.807) is 25.5 Å². The zero-order valence-electron chi connectivity index (χ0n) is 12.3. The van der Waals surface area contributed by atoms with Crippen molar-refractivity contribution >= 4 is 35.2 Å². The van der Waals surface area contributed by atoms with E-state index in [4.69, 9.17) is 22.1 Å². The molecule has 0 aromatic heterocycles. The van der Waals surface area contributed by atoms with Gasteiger partial charge in [0.05, 0.1) is 18.9 Å². The second-order valence-electron chi connectivity index (χ2n) is 4.48. The molecule has 0 unspecified atom stereocenters. The van der Waals surface area contributed by atoms with Gasteiger partial charge in [0.1, 0.15) is 5.75 Å². The van der Waals surface area contributed by atoms with Crippen molar-refractivity contribution in [2.24, 2.45) is 5.10 Å². The molecule has 6 nitrogen and oxygen atoms in total. The van der Waals surface area contributed by atoms with Crippen molar-refractivity contribution in [3.05, 3.63) is 59.7 Å². The van der Waals surface area contributed by atoms with Crippen LogP contribution in [-0.4, -0.2) is 29.5 Å². The molecule has 0 heterocycles. The number of carboxylic acid groups (broad SMARTS) is 1. The molecule has 0 aliphatic carbocycles. The van der Waals surface area contributed by atoms with Crippen LogP contribution < -0.4 is 15.5 Å². The van der Waals surface area contributed by atoms with Crippen LogP contribution in [0.1, 0.15) is 15.9 Å². The number of methoxy groups -OCH3 is 1. The highest BCUT2D eigenvalue weighted by molar-refractivity contribution is 7.80. The summed E-state index contributed by atoms with van der Waals surface area (Å²) in [4.78, 5) is 10.8. The molecule has 0 aliphatic heterocycles. The van der Waals surface area contributed by atoms with Gasteiger partial charge in [-0.1, -0.05) is 12.1 Å². The Kier molecular flexibility index (Phi) is 5.65. The van der Waals surface area contributed by atoms with E-state index in [0.717, 1.165) is 17.0 Å². The Balaban J connectivity index is 1.86. The second-order valence-corrected chi connectivity index (χ2v) is 4.89. The number of nitrogens with one attached hydrogen (secondary N) is 2. The van der Waals surface area contributed by atoms with Crippen molar-refractivity contribution in [3.8, 4) is 5.75 Å². The molecule has 0 radical (unpaired) electrons. The van der Waals surface area contributed by atoms with Gasteiger partial charge in [0.25, 0.3) is 0 Å². The number of carboxylic acids is 1. The zero-order valence-corrected chi connectivity index (χ0v) is 13.1. The van der Waals surface area contributed by atoms with E-state index in [2.05, 4.69) is 15.8 Å². The minimum atomic E-state index is -0.962. The second kappa shape index (κ2) is 7.90. The lowest BCUT2D eigenvalue weighted by Crippen LogP contribution is -2.23. The number of hydrazone groups is 1. The number of rotatable bonds is 5. The summed E-state index contributed by atoms with van der Waals surface area (Å²) in [6, 6.07) is 13.6. The van der Waals surface area contributed by atoms with E-state index >= 15 is 0 Å². The van der Waals surface area contributed by atoms with Crippen LogP contribution in [0, 0.1) is 0 Å². The fourth-order valence-electron chi connectivity index (χ4n) is 1.71. The Labute approximate surface area is 138 Å². The molecule has 0 fully saturated rings. The summed E-state index contributed by atoms with van der Waals surface area (Å²) in [6.45, 7) is 0. The smallest absolute Gasteiger partial charge is 0.335 e. The van der Waals surface area contributed by atoms with Crippen LogP contribution in [0.5, 0.6) is 5.75 Å². The van der Waals surface area contributed by atoms with Gasteiger partial charge >= 0.3 is 5.97 Å². The number of aromatic carboxylic acids is 1. The van der Waals surface area contributed by atoms with E-state index in [-0.39, 0.29) is 5.56 Å². The molecule has 2 rings (SSSR count). The van der Waals surface area contributed by atoms with E-state index in [1.165, 1.54) is 12.1 Å². The van der Waals surface area contributed by atoms with Gasteiger partial charge in [-0.15, -0.1) is 0 Å². The Morgan fingerprint density at radius 2 is 1.83 bits per heavy atom. The molecule has 0 atom stereocenters. The van der Waals surface area contributed by atoms with Crippen molar-refractivity contribution in [1.29, 1.82) is 0 Å². The number of hydrogen-bond acceptors (Lipinski definition) is 4. The number of thiocarbonyl (C=S) groups is 1. The standard InChI is InChI=1S/C16H15N3O3S/c1-22-14-8-6-13(7-9-14)18-16(23)19-17-10-11-2-4-12(5-3-11)15(20)21/h2-10H,1H3,(H,20,21)(H2,18,19,23)/b17-10-. The summed E-state index contributed by atoms with van der Waals surface area (Å²) in [5.41, 5.74) is 4.48. The van der Waals surface area contributed by atoms with Crippen LogP contribution in [0.2, 0.25) is 0 Å². The number of nitrogens with zero attached hydrogens (tertiary/aromatic N) is 1. The summed E-state index contributed by atoms with van der Waals surface area (Å²) in [7, 11) is 1.60. The molecule has 118 valence electrons. The Hall–Kier alpha value is -2.93. The quantitative estimate of drug-likeness (QED) is 0.444. The van der Waals surface area contributed by atoms with Gasteiger partial charge in [0, 0.05) is 5.69 Å². The van der Waals surface area contributed by atoms with E-state index in [0.29, 0.717) is 5.11 Å². The average molecular weight is 329 g/mol. The van der Waals surface area contributed by atoms with Crippen LogP contribution in [0.3, 0.4) is 0 Å². The lowest BCUT2D eigenvalue weighted by atomic mass is 10.1. The van der Waals surface area contributed by atoms with Gasteiger partial charge in [-0.25, -0.2) is 4.79 Å². The van der Waals surface area contributed by atoms with Crippen LogP contribution in [0.15, 0.2) is 53.6 Å². The highest BCUT2D eigenvalue weighted by Crippen LogP contribution is 2.14. The first kappa shape index (κ1) is 16.4. The van der Waals surface area contributed by atoms with Crippen molar-refractivity contribution < 1.29 is 14.6 Å². The van der Waals surface area contributed by atoms with E-state index < -0.39 is 5.97 Å². The number of ether oxygens (including phenoxy) is 1. The molecule has 0 amide bonds. The van der Waals surface area contributed by atoms with Crippen LogP contribution >= 0.6 is 12.2 Å². The molecular weight excluding hydrogens is 314 g/mol. The topological polar surface area (TPSA) is 83.0 Å². The maximum absolute atomic E-state index is 10.8. The molecule has 0 bridgehead atoms. The lowest BCUT2D eigenvalue weighted by Gasteiger charge is -2.07. The molecule has 23 heavy (non-hydrogen) atoms. The van der Waals surface area contributed by atoms with Gasteiger partial charge in [-0.3, -0.25) is 5.43 Å². The molecule has 2 aromatic carbocycles. The maximum Gasteiger partial charge on any atom is 0.335 e. The normalized spacial score (nSPS) is 10.3. The van der Waals surface area contributed by atoms with E-state index in [9.17, 15) is 4.79 Å². The summed E-state index contributed by atoms with van der Waals surface area (Å²) < 4.78 is 5.07. The summed E-state index contributed by atoms with van der Waals surface area (Å²) in [5.74, 6) is -0.200. The Bertz CT molecular complexity index is 712. The summed E-state index contributed by atoms with van der Waals surface area (Å²) in [5, 5.41) is 16.1. The fraction of sp³-hybridized carbons (Fsp3) is 0.0625. The van der Waals surface area contributed by atoms with Crippen molar-refractivity contribution in [3.63, 3.8) is 0 Å². The van der Waals surface area contributed by atoms with Gasteiger partial charge in [0.2, 0.25) is 0 Å². The van der Waals surface area contributed by atoms with Crippen LogP contribution in [0.25, 0.3) is 0 Å². The predicted molar refractivity (Wildman–Crippen MR) is 93.3 cm³/mol. The predicted octanol–water partition coefficient (Wildman–Crippen LogP) is 2.71. The fourth-order valence-corrected chi connectivity index (χ4v) is 1.88. The molecule has 3 N–H and O–H groups in total. The molecule has 0 aliphatic rings. The van der Waals surface area contributed by atoms with Gasteiger partial charge in [-0.2, -0.15) is 5.10 Å². The summed E-state index contributed by atoms with van der Waals surface area (Å²) >= 11 is 5.12. The lowest BCUT2D eigenvalue weighted by molar-refractivity contribution is 0.0697. The summed E-state index contributed by atoms with van der Waals surface area (Å²) in [6.07, 6.45) is 1.55.